The number of rotatable bonds is 4. The second-order valence-corrected chi connectivity index (χ2v) is 9.93. The predicted octanol–water partition coefficient (Wildman–Crippen LogP) is 2.72. The molecule has 0 saturated heterocycles. The third kappa shape index (κ3) is 3.13. The molecule has 1 unspecified atom stereocenters. The SMILES string of the molecule is O=S(=O)=C1C=CC=CC1N(c1n[nH]c2c1Cc1ccccc1-2)S(=O)(=O)c1ccccc1. The van der Waals surface area contributed by atoms with Gasteiger partial charge in [0.25, 0.3) is 10.0 Å². The fraction of sp³-hybridized carbons (Fsp3) is 0.0909. The number of hydrogen-bond donors (Lipinski definition) is 1. The standard InChI is InChI=1S/C22H17N3O4S2/c26-30(27)20-13-7-6-12-19(20)25(31(28,29)16-9-2-1-3-10-16)22-18-14-15-8-4-5-11-17(15)21(18)23-24-22/h1-13,19H,14H2,(H,23,24). The van der Waals surface area contributed by atoms with Gasteiger partial charge in [-0.3, -0.25) is 5.10 Å². The van der Waals surface area contributed by atoms with Crippen LogP contribution in [0.2, 0.25) is 0 Å². The Morgan fingerprint density at radius 1 is 1.00 bits per heavy atom. The highest BCUT2D eigenvalue weighted by molar-refractivity contribution is 7.93. The van der Waals surface area contributed by atoms with Crippen molar-refractivity contribution in [3.05, 3.63) is 90.0 Å². The van der Waals surface area contributed by atoms with Crippen molar-refractivity contribution in [2.75, 3.05) is 4.31 Å². The summed E-state index contributed by atoms with van der Waals surface area (Å²) in [6.07, 6.45) is 6.66. The molecular weight excluding hydrogens is 434 g/mol. The number of aromatic amines is 1. The van der Waals surface area contributed by atoms with E-state index in [2.05, 4.69) is 10.2 Å². The minimum Gasteiger partial charge on any atom is -0.275 e. The highest BCUT2D eigenvalue weighted by atomic mass is 32.2. The normalized spacial score (nSPS) is 16.8. The van der Waals surface area contributed by atoms with Gasteiger partial charge in [-0.05, 0) is 23.8 Å². The van der Waals surface area contributed by atoms with Gasteiger partial charge in [-0.25, -0.2) is 12.7 Å². The summed E-state index contributed by atoms with van der Waals surface area (Å²) in [7, 11) is -6.74. The minimum atomic E-state index is -4.13. The number of fused-ring (bicyclic) bond motifs is 3. The number of sulfonamides is 1. The van der Waals surface area contributed by atoms with Crippen molar-refractivity contribution in [2.45, 2.75) is 17.4 Å². The van der Waals surface area contributed by atoms with E-state index in [0.717, 1.165) is 26.7 Å². The van der Waals surface area contributed by atoms with Gasteiger partial charge in [0.1, 0.15) is 6.04 Å². The lowest BCUT2D eigenvalue weighted by atomic mass is 10.1. The Bertz CT molecular complexity index is 1480. The van der Waals surface area contributed by atoms with E-state index in [9.17, 15) is 16.8 Å². The first-order chi connectivity index (χ1) is 15.0. The Kier molecular flexibility index (Phi) is 4.64. The second-order valence-electron chi connectivity index (χ2n) is 7.17. The monoisotopic (exact) mass is 451 g/mol. The molecule has 31 heavy (non-hydrogen) atoms. The number of allylic oxidation sites excluding steroid dienone is 2. The van der Waals surface area contributed by atoms with Crippen LogP contribution in [0.4, 0.5) is 5.82 Å². The number of nitrogens with one attached hydrogen (secondary N) is 1. The molecular formula is C22H17N3O4S2. The van der Waals surface area contributed by atoms with Crippen LogP contribution in [0.5, 0.6) is 0 Å². The van der Waals surface area contributed by atoms with Gasteiger partial charge >= 0.3 is 0 Å². The zero-order valence-corrected chi connectivity index (χ0v) is 17.8. The Labute approximate surface area is 180 Å². The van der Waals surface area contributed by atoms with Crippen LogP contribution < -0.4 is 4.31 Å². The van der Waals surface area contributed by atoms with Crippen molar-refractivity contribution >= 4 is 31.0 Å². The zero-order chi connectivity index (χ0) is 21.6. The highest BCUT2D eigenvalue weighted by Gasteiger charge is 2.39. The van der Waals surface area contributed by atoms with Crippen LogP contribution in [0.1, 0.15) is 11.1 Å². The van der Waals surface area contributed by atoms with Gasteiger partial charge in [-0.1, -0.05) is 60.7 Å². The molecule has 1 N–H and O–H groups in total. The first kappa shape index (κ1) is 19.5. The van der Waals surface area contributed by atoms with Crippen LogP contribution in [0.3, 0.4) is 0 Å². The van der Waals surface area contributed by atoms with Gasteiger partial charge in [0.05, 0.1) is 15.5 Å². The lowest BCUT2D eigenvalue weighted by Crippen LogP contribution is -2.45. The van der Waals surface area contributed by atoms with E-state index in [1.807, 2.05) is 24.3 Å². The molecule has 1 heterocycles. The molecule has 3 aromatic rings. The lowest BCUT2D eigenvalue weighted by Gasteiger charge is -2.30. The van der Waals surface area contributed by atoms with Gasteiger partial charge in [0.15, 0.2) is 5.82 Å². The van der Waals surface area contributed by atoms with E-state index in [1.54, 1.807) is 36.4 Å². The van der Waals surface area contributed by atoms with Crippen LogP contribution in [0, 0.1) is 0 Å². The first-order valence-electron chi connectivity index (χ1n) is 9.54. The number of anilines is 1. The van der Waals surface area contributed by atoms with Crippen LogP contribution in [-0.4, -0.2) is 37.9 Å². The zero-order valence-electron chi connectivity index (χ0n) is 16.1. The van der Waals surface area contributed by atoms with Crippen LogP contribution >= 0.6 is 0 Å². The van der Waals surface area contributed by atoms with Crippen molar-refractivity contribution in [1.29, 1.82) is 0 Å². The Morgan fingerprint density at radius 3 is 2.52 bits per heavy atom. The van der Waals surface area contributed by atoms with Crippen molar-refractivity contribution < 1.29 is 16.8 Å². The van der Waals surface area contributed by atoms with Crippen LogP contribution in [0.15, 0.2) is 83.8 Å². The Balaban J connectivity index is 1.74. The number of nitrogens with zero attached hydrogens (tertiary/aromatic N) is 2. The molecule has 7 nitrogen and oxygen atoms in total. The molecule has 0 aliphatic heterocycles. The number of benzene rings is 2. The van der Waals surface area contributed by atoms with E-state index in [0.29, 0.717) is 6.42 Å². The third-order valence-corrected chi connectivity index (χ3v) is 7.96. The molecule has 156 valence electrons. The molecule has 0 saturated carbocycles. The fourth-order valence-corrected chi connectivity index (χ4v) is 6.23. The van der Waals surface area contributed by atoms with Crippen LogP contribution in [-0.2, 0) is 26.7 Å². The lowest BCUT2D eigenvalue weighted by molar-refractivity contribution is 0.590. The molecule has 0 radical (unpaired) electrons. The summed E-state index contributed by atoms with van der Waals surface area (Å²) in [5.74, 6) is 0.197. The predicted molar refractivity (Wildman–Crippen MR) is 119 cm³/mol. The van der Waals surface area contributed by atoms with E-state index in [-0.39, 0.29) is 15.6 Å². The van der Waals surface area contributed by atoms with Crippen molar-refractivity contribution in [1.82, 2.24) is 10.2 Å². The summed E-state index contributed by atoms with van der Waals surface area (Å²) in [5.41, 5.74) is 3.49. The smallest absolute Gasteiger partial charge is 0.266 e. The van der Waals surface area contributed by atoms with Gasteiger partial charge in [0.2, 0.25) is 10.3 Å². The molecule has 1 aromatic heterocycles. The number of H-pyrrole nitrogens is 1. The van der Waals surface area contributed by atoms with E-state index in [1.165, 1.54) is 18.2 Å². The molecule has 5 rings (SSSR count). The third-order valence-electron chi connectivity index (χ3n) is 5.41. The average molecular weight is 452 g/mol. The van der Waals surface area contributed by atoms with Crippen LogP contribution in [0.25, 0.3) is 11.3 Å². The summed E-state index contributed by atoms with van der Waals surface area (Å²) >= 11 is 0. The summed E-state index contributed by atoms with van der Waals surface area (Å²) in [4.78, 5) is 0.00973. The minimum absolute atomic E-state index is 0.0470. The van der Waals surface area contributed by atoms with Gasteiger partial charge in [-0.15, -0.1) is 0 Å². The Hall–Kier alpha value is -3.43. The van der Waals surface area contributed by atoms with Crippen molar-refractivity contribution in [3.8, 4) is 11.3 Å². The number of aromatic nitrogens is 2. The van der Waals surface area contributed by atoms with Gasteiger partial charge in [-0.2, -0.15) is 13.5 Å². The maximum Gasteiger partial charge on any atom is 0.266 e. The molecule has 2 aliphatic rings. The molecule has 0 amide bonds. The summed E-state index contributed by atoms with van der Waals surface area (Å²) in [6.45, 7) is 0. The maximum atomic E-state index is 13.8. The largest absolute Gasteiger partial charge is 0.275 e. The summed E-state index contributed by atoms with van der Waals surface area (Å²) in [6, 6.07) is 14.7. The topological polar surface area (TPSA) is 100 Å². The van der Waals surface area contributed by atoms with Gasteiger partial charge < -0.3 is 0 Å². The first-order valence-corrected chi connectivity index (χ1v) is 12.1. The van der Waals surface area contributed by atoms with E-state index >= 15 is 0 Å². The quantitative estimate of drug-likeness (QED) is 0.481. The molecule has 0 bridgehead atoms. The van der Waals surface area contributed by atoms with Crippen molar-refractivity contribution in [2.24, 2.45) is 0 Å². The van der Waals surface area contributed by atoms with E-state index < -0.39 is 26.4 Å². The molecule has 0 fully saturated rings. The average Bonchev–Trinajstić information content (AvgIpc) is 3.35. The molecule has 2 aliphatic carbocycles. The highest BCUT2D eigenvalue weighted by Crippen LogP contribution is 2.41. The van der Waals surface area contributed by atoms with E-state index in [4.69, 9.17) is 0 Å². The fourth-order valence-electron chi connectivity index (χ4n) is 4.00. The second kappa shape index (κ2) is 7.36. The summed E-state index contributed by atoms with van der Waals surface area (Å²) in [5, 5.41) is 7.32. The molecule has 0 spiro atoms. The molecule has 9 heteroatoms. The molecule has 2 aromatic carbocycles. The Morgan fingerprint density at radius 2 is 1.74 bits per heavy atom. The van der Waals surface area contributed by atoms with Gasteiger partial charge in [0, 0.05) is 17.5 Å². The summed E-state index contributed by atoms with van der Waals surface area (Å²) < 4.78 is 52.5. The van der Waals surface area contributed by atoms with Crippen molar-refractivity contribution in [3.63, 3.8) is 0 Å². The molecule has 1 atom stereocenters. The maximum absolute atomic E-state index is 13.8. The number of hydrogen-bond acceptors (Lipinski definition) is 5.